The number of hydrogen-bond donors (Lipinski definition) is 1. The molecule has 0 amide bonds. The summed E-state index contributed by atoms with van der Waals surface area (Å²) in [4.78, 5) is 0. The number of hydrogen-bond acceptors (Lipinski definition) is 2. The van der Waals surface area contributed by atoms with Crippen molar-refractivity contribution in [2.45, 2.75) is 6.61 Å². The van der Waals surface area contributed by atoms with Gasteiger partial charge in [-0.3, -0.25) is 0 Å². The van der Waals surface area contributed by atoms with Crippen molar-refractivity contribution in [1.29, 1.82) is 0 Å². The molecule has 0 aromatic heterocycles. The molecule has 2 rings (SSSR count). The molecule has 0 aliphatic rings. The molecule has 0 radical (unpaired) electrons. The van der Waals surface area contributed by atoms with Gasteiger partial charge in [-0.05, 0) is 24.3 Å². The monoisotopic (exact) mass is 233 g/mol. The van der Waals surface area contributed by atoms with Crippen LogP contribution in [0.5, 0.6) is 5.75 Å². The summed E-state index contributed by atoms with van der Waals surface area (Å²) < 4.78 is 5.59. The van der Waals surface area contributed by atoms with Gasteiger partial charge in [0, 0.05) is 16.3 Å². The van der Waals surface area contributed by atoms with Crippen molar-refractivity contribution in [2.75, 3.05) is 5.73 Å². The molecular formula is C13H12ClNO. The number of para-hydroxylation sites is 1. The van der Waals surface area contributed by atoms with E-state index in [2.05, 4.69) is 0 Å². The molecule has 0 aliphatic carbocycles. The minimum atomic E-state index is 0.384. The lowest BCUT2D eigenvalue weighted by Crippen LogP contribution is -2.00. The summed E-state index contributed by atoms with van der Waals surface area (Å²) in [7, 11) is 0. The van der Waals surface area contributed by atoms with Crippen LogP contribution in [0.1, 0.15) is 5.56 Å². The molecule has 2 N–H and O–H groups in total. The van der Waals surface area contributed by atoms with Crippen molar-refractivity contribution in [3.63, 3.8) is 0 Å². The van der Waals surface area contributed by atoms with Gasteiger partial charge in [-0.25, -0.2) is 0 Å². The predicted molar refractivity (Wildman–Crippen MR) is 66.6 cm³/mol. The largest absolute Gasteiger partial charge is 0.489 e. The first-order valence-corrected chi connectivity index (χ1v) is 5.36. The third-order valence-electron chi connectivity index (χ3n) is 2.28. The van der Waals surface area contributed by atoms with Gasteiger partial charge in [-0.1, -0.05) is 35.9 Å². The van der Waals surface area contributed by atoms with Gasteiger partial charge in [0.25, 0.3) is 0 Å². The quantitative estimate of drug-likeness (QED) is 0.824. The van der Waals surface area contributed by atoms with Crippen LogP contribution in [-0.2, 0) is 6.61 Å². The molecule has 16 heavy (non-hydrogen) atoms. The molecular weight excluding hydrogens is 222 g/mol. The molecule has 0 saturated carbocycles. The molecule has 2 nitrogen and oxygen atoms in total. The smallest absolute Gasteiger partial charge is 0.119 e. The van der Waals surface area contributed by atoms with Gasteiger partial charge >= 0.3 is 0 Å². The van der Waals surface area contributed by atoms with Gasteiger partial charge in [0.15, 0.2) is 0 Å². The van der Waals surface area contributed by atoms with E-state index in [1.807, 2.05) is 48.5 Å². The molecule has 2 aromatic carbocycles. The van der Waals surface area contributed by atoms with Crippen LogP contribution >= 0.6 is 11.6 Å². The van der Waals surface area contributed by atoms with E-state index >= 15 is 0 Å². The average Bonchev–Trinajstić information content (AvgIpc) is 2.30. The predicted octanol–water partition coefficient (Wildman–Crippen LogP) is 3.50. The van der Waals surface area contributed by atoms with Crippen LogP contribution in [0.4, 0.5) is 5.69 Å². The van der Waals surface area contributed by atoms with E-state index in [0.717, 1.165) is 11.3 Å². The molecule has 0 spiro atoms. The lowest BCUT2D eigenvalue weighted by Gasteiger charge is -2.09. The zero-order chi connectivity index (χ0) is 11.4. The van der Waals surface area contributed by atoms with E-state index in [4.69, 9.17) is 22.1 Å². The van der Waals surface area contributed by atoms with Gasteiger partial charge in [0.2, 0.25) is 0 Å². The third-order valence-corrected chi connectivity index (χ3v) is 2.64. The molecule has 0 fully saturated rings. The number of ether oxygens (including phenoxy) is 1. The molecule has 82 valence electrons. The van der Waals surface area contributed by atoms with E-state index in [1.165, 1.54) is 0 Å². The Hall–Kier alpha value is -1.67. The highest BCUT2D eigenvalue weighted by Gasteiger charge is 2.04. The summed E-state index contributed by atoms with van der Waals surface area (Å²) in [5.74, 6) is 0.807. The van der Waals surface area contributed by atoms with E-state index in [-0.39, 0.29) is 0 Å². The standard InChI is InChI=1S/C13H12ClNO/c14-12-7-4-8-13(15)11(12)9-16-10-5-2-1-3-6-10/h1-8H,9,15H2. The second-order valence-corrected chi connectivity index (χ2v) is 3.82. The number of nitrogens with two attached hydrogens (primary N) is 1. The molecule has 0 saturated heterocycles. The van der Waals surface area contributed by atoms with Crippen molar-refractivity contribution in [1.82, 2.24) is 0 Å². The van der Waals surface area contributed by atoms with Crippen LogP contribution in [0, 0.1) is 0 Å². The number of anilines is 1. The van der Waals surface area contributed by atoms with Gasteiger partial charge in [0.05, 0.1) is 0 Å². The second kappa shape index (κ2) is 4.90. The lowest BCUT2D eigenvalue weighted by atomic mass is 10.2. The first-order valence-electron chi connectivity index (χ1n) is 4.98. The second-order valence-electron chi connectivity index (χ2n) is 3.41. The Balaban J connectivity index is 2.11. The minimum absolute atomic E-state index is 0.384. The lowest BCUT2D eigenvalue weighted by molar-refractivity contribution is 0.307. The summed E-state index contributed by atoms with van der Waals surface area (Å²) >= 11 is 6.04. The SMILES string of the molecule is Nc1cccc(Cl)c1COc1ccccc1. The molecule has 2 aromatic rings. The maximum atomic E-state index is 6.04. The van der Waals surface area contributed by atoms with Crippen LogP contribution in [0.3, 0.4) is 0 Å². The van der Waals surface area contributed by atoms with E-state index in [1.54, 1.807) is 0 Å². The number of rotatable bonds is 3. The van der Waals surface area contributed by atoms with Gasteiger partial charge in [-0.2, -0.15) is 0 Å². The Bertz CT molecular complexity index is 450. The Labute approximate surface area is 99.6 Å². The zero-order valence-electron chi connectivity index (χ0n) is 8.69. The molecule has 0 unspecified atom stereocenters. The molecule has 0 heterocycles. The van der Waals surface area contributed by atoms with Crippen molar-refractivity contribution < 1.29 is 4.74 Å². The highest BCUT2D eigenvalue weighted by Crippen LogP contribution is 2.23. The van der Waals surface area contributed by atoms with E-state index in [0.29, 0.717) is 17.3 Å². The summed E-state index contributed by atoms with van der Waals surface area (Å²) in [6.45, 7) is 0.384. The average molecular weight is 234 g/mol. The van der Waals surface area contributed by atoms with Crippen molar-refractivity contribution in [3.8, 4) is 5.75 Å². The van der Waals surface area contributed by atoms with Gasteiger partial charge in [-0.15, -0.1) is 0 Å². The van der Waals surface area contributed by atoms with Crippen LogP contribution in [-0.4, -0.2) is 0 Å². The molecule has 0 bridgehead atoms. The zero-order valence-corrected chi connectivity index (χ0v) is 9.45. The van der Waals surface area contributed by atoms with Crippen molar-refractivity contribution in [3.05, 3.63) is 59.1 Å². The van der Waals surface area contributed by atoms with E-state index < -0.39 is 0 Å². The van der Waals surface area contributed by atoms with E-state index in [9.17, 15) is 0 Å². The number of halogens is 1. The highest BCUT2D eigenvalue weighted by molar-refractivity contribution is 6.31. The third kappa shape index (κ3) is 2.47. The van der Waals surface area contributed by atoms with Crippen LogP contribution < -0.4 is 10.5 Å². The Morgan fingerprint density at radius 3 is 2.44 bits per heavy atom. The molecule has 0 aliphatic heterocycles. The number of nitrogen functional groups attached to an aromatic ring is 1. The fourth-order valence-corrected chi connectivity index (χ4v) is 1.64. The normalized spacial score (nSPS) is 10.1. The summed E-state index contributed by atoms with van der Waals surface area (Å²) in [5, 5.41) is 0.635. The topological polar surface area (TPSA) is 35.2 Å². The fraction of sp³-hybridized carbons (Fsp3) is 0.0769. The van der Waals surface area contributed by atoms with Crippen LogP contribution in [0.15, 0.2) is 48.5 Å². The van der Waals surface area contributed by atoms with Crippen LogP contribution in [0.25, 0.3) is 0 Å². The Kier molecular flexibility index (Phi) is 3.32. The highest BCUT2D eigenvalue weighted by atomic mass is 35.5. The minimum Gasteiger partial charge on any atom is -0.489 e. The first-order chi connectivity index (χ1) is 7.77. The maximum Gasteiger partial charge on any atom is 0.119 e. The summed E-state index contributed by atoms with van der Waals surface area (Å²) in [5.41, 5.74) is 7.30. The fourth-order valence-electron chi connectivity index (χ4n) is 1.40. The van der Waals surface area contributed by atoms with Crippen molar-refractivity contribution in [2.24, 2.45) is 0 Å². The van der Waals surface area contributed by atoms with Crippen molar-refractivity contribution >= 4 is 17.3 Å². The first kappa shape index (κ1) is 10.8. The van der Waals surface area contributed by atoms with Gasteiger partial charge in [0.1, 0.15) is 12.4 Å². The Morgan fingerprint density at radius 1 is 1.00 bits per heavy atom. The van der Waals surface area contributed by atoms with Crippen LogP contribution in [0.2, 0.25) is 5.02 Å². The Morgan fingerprint density at radius 2 is 1.75 bits per heavy atom. The molecule has 3 heteroatoms. The summed E-state index contributed by atoms with van der Waals surface area (Å²) in [6, 6.07) is 15.0. The summed E-state index contributed by atoms with van der Waals surface area (Å²) in [6.07, 6.45) is 0. The van der Waals surface area contributed by atoms with Gasteiger partial charge < -0.3 is 10.5 Å². The maximum absolute atomic E-state index is 6.04. The molecule has 0 atom stereocenters. The number of benzene rings is 2.